The average molecular weight is 270 g/mol. The summed E-state index contributed by atoms with van der Waals surface area (Å²) < 4.78 is 10.9. The number of methoxy groups -OCH3 is 1. The predicted octanol–water partition coefficient (Wildman–Crippen LogP) is 2.68. The van der Waals surface area contributed by atoms with E-state index in [9.17, 15) is 0 Å². The van der Waals surface area contributed by atoms with Crippen molar-refractivity contribution in [1.82, 2.24) is 5.32 Å². The molecule has 0 aliphatic heterocycles. The molecule has 0 aromatic heterocycles. The molecule has 0 unspecified atom stereocenters. The highest BCUT2D eigenvalue weighted by Crippen LogP contribution is 2.45. The fraction of sp³-hybridized carbons (Fsp3) is 0.571. The van der Waals surface area contributed by atoms with Crippen molar-refractivity contribution >= 4 is 11.6 Å². The van der Waals surface area contributed by atoms with E-state index < -0.39 is 0 Å². The lowest BCUT2D eigenvalue weighted by Gasteiger charge is -2.13. The third-order valence-corrected chi connectivity index (χ3v) is 3.91. The average Bonchev–Trinajstić information content (AvgIpc) is 3.19. The van der Waals surface area contributed by atoms with E-state index in [1.807, 2.05) is 24.3 Å². The summed E-state index contributed by atoms with van der Waals surface area (Å²) in [5.74, 6) is 2.32. The lowest BCUT2D eigenvalue weighted by Crippen LogP contribution is -2.28. The minimum atomic E-state index is 0.367. The minimum absolute atomic E-state index is 0.367. The van der Waals surface area contributed by atoms with Gasteiger partial charge in [-0.25, -0.2) is 0 Å². The van der Waals surface area contributed by atoms with Crippen molar-refractivity contribution < 1.29 is 9.47 Å². The highest BCUT2D eigenvalue weighted by Gasteiger charge is 2.40. The normalized spacial score (nSPS) is 16.3. The van der Waals surface area contributed by atoms with E-state index in [0.717, 1.165) is 30.5 Å². The van der Waals surface area contributed by atoms with Gasteiger partial charge in [0.25, 0.3) is 0 Å². The van der Waals surface area contributed by atoms with Gasteiger partial charge in [0.05, 0.1) is 7.11 Å². The maximum Gasteiger partial charge on any atom is 0.161 e. The van der Waals surface area contributed by atoms with Crippen LogP contribution in [-0.4, -0.2) is 32.7 Å². The molecular weight excluding hydrogens is 250 g/mol. The highest BCUT2D eigenvalue weighted by atomic mass is 35.5. The molecule has 0 atom stereocenters. The largest absolute Gasteiger partial charge is 0.493 e. The van der Waals surface area contributed by atoms with Crippen molar-refractivity contribution in [2.45, 2.75) is 12.8 Å². The molecule has 1 aromatic rings. The topological polar surface area (TPSA) is 30.5 Å². The Kier molecular flexibility index (Phi) is 4.72. The van der Waals surface area contributed by atoms with Crippen LogP contribution in [0.25, 0.3) is 0 Å². The van der Waals surface area contributed by atoms with E-state index in [1.165, 1.54) is 12.8 Å². The second-order valence-corrected chi connectivity index (χ2v) is 5.08. The van der Waals surface area contributed by atoms with E-state index in [1.54, 1.807) is 7.11 Å². The Morgan fingerprint density at radius 3 is 2.61 bits per heavy atom. The Morgan fingerprint density at radius 2 is 2.00 bits per heavy atom. The number of ether oxygens (including phenoxy) is 2. The van der Waals surface area contributed by atoms with Gasteiger partial charge in [-0.05, 0) is 30.4 Å². The van der Waals surface area contributed by atoms with Gasteiger partial charge in [-0.2, -0.15) is 0 Å². The lowest BCUT2D eigenvalue weighted by molar-refractivity contribution is 0.289. The number of nitrogens with one attached hydrogen (secondary N) is 1. The first kappa shape index (κ1) is 13.5. The van der Waals surface area contributed by atoms with Gasteiger partial charge in [0.1, 0.15) is 6.61 Å². The summed E-state index contributed by atoms with van der Waals surface area (Å²) in [7, 11) is 1.65. The molecule has 2 rings (SSSR count). The molecule has 0 spiro atoms. The van der Waals surface area contributed by atoms with Gasteiger partial charge in [0.2, 0.25) is 0 Å². The van der Waals surface area contributed by atoms with Gasteiger partial charge in [-0.3, -0.25) is 0 Å². The van der Waals surface area contributed by atoms with Crippen LogP contribution in [0, 0.1) is 5.41 Å². The van der Waals surface area contributed by atoms with Crippen molar-refractivity contribution in [3.05, 3.63) is 24.3 Å². The molecule has 1 fully saturated rings. The zero-order valence-corrected chi connectivity index (χ0v) is 11.5. The van der Waals surface area contributed by atoms with Crippen LogP contribution in [0.1, 0.15) is 12.8 Å². The monoisotopic (exact) mass is 269 g/mol. The van der Waals surface area contributed by atoms with Gasteiger partial charge in [0.15, 0.2) is 11.5 Å². The maximum atomic E-state index is 5.92. The third kappa shape index (κ3) is 3.53. The molecule has 3 nitrogen and oxygen atoms in total. The molecular formula is C14H20ClNO2. The molecule has 4 heteroatoms. The van der Waals surface area contributed by atoms with Gasteiger partial charge >= 0.3 is 0 Å². The summed E-state index contributed by atoms with van der Waals surface area (Å²) in [4.78, 5) is 0. The Labute approximate surface area is 113 Å². The van der Waals surface area contributed by atoms with Gasteiger partial charge in [0, 0.05) is 19.0 Å². The van der Waals surface area contributed by atoms with Crippen LogP contribution >= 0.6 is 11.6 Å². The van der Waals surface area contributed by atoms with Crippen LogP contribution in [0.2, 0.25) is 0 Å². The summed E-state index contributed by atoms with van der Waals surface area (Å²) >= 11 is 5.92. The zero-order chi connectivity index (χ0) is 12.8. The van der Waals surface area contributed by atoms with Crippen molar-refractivity contribution in [3.8, 4) is 11.5 Å². The number of hydrogen-bond acceptors (Lipinski definition) is 3. The Bertz CT molecular complexity index is 380. The smallest absolute Gasteiger partial charge is 0.161 e. The van der Waals surface area contributed by atoms with Crippen molar-refractivity contribution in [2.75, 3.05) is 32.7 Å². The molecule has 0 amide bonds. The van der Waals surface area contributed by atoms with Gasteiger partial charge in [-0.15, -0.1) is 11.6 Å². The summed E-state index contributed by atoms with van der Waals surface area (Å²) in [6.45, 7) is 2.46. The molecule has 0 heterocycles. The molecule has 1 aliphatic carbocycles. The molecule has 0 bridgehead atoms. The van der Waals surface area contributed by atoms with Crippen molar-refractivity contribution in [3.63, 3.8) is 0 Å². The second-order valence-electron chi connectivity index (χ2n) is 4.81. The number of benzene rings is 1. The van der Waals surface area contributed by atoms with E-state index in [2.05, 4.69) is 5.32 Å². The zero-order valence-electron chi connectivity index (χ0n) is 10.7. The fourth-order valence-electron chi connectivity index (χ4n) is 1.86. The van der Waals surface area contributed by atoms with E-state index in [4.69, 9.17) is 21.1 Å². The maximum absolute atomic E-state index is 5.92. The molecule has 18 heavy (non-hydrogen) atoms. The quantitative estimate of drug-likeness (QED) is 0.581. The fourth-order valence-corrected chi connectivity index (χ4v) is 2.22. The van der Waals surface area contributed by atoms with Gasteiger partial charge < -0.3 is 14.8 Å². The Morgan fingerprint density at radius 1 is 1.28 bits per heavy atom. The molecule has 1 aromatic carbocycles. The number of halogens is 1. The van der Waals surface area contributed by atoms with Crippen LogP contribution in [0.15, 0.2) is 24.3 Å². The van der Waals surface area contributed by atoms with Crippen LogP contribution in [0.5, 0.6) is 11.5 Å². The van der Waals surface area contributed by atoms with E-state index >= 15 is 0 Å². The van der Waals surface area contributed by atoms with E-state index in [0.29, 0.717) is 12.0 Å². The first-order valence-corrected chi connectivity index (χ1v) is 6.86. The SMILES string of the molecule is COc1ccccc1OCCNCC1(CCl)CC1. The lowest BCUT2D eigenvalue weighted by atomic mass is 10.1. The standard InChI is InChI=1S/C14H20ClNO2/c1-17-12-4-2-3-5-13(12)18-9-8-16-11-14(10-15)6-7-14/h2-5,16H,6-11H2,1H3. The minimum Gasteiger partial charge on any atom is -0.493 e. The number of rotatable bonds is 8. The van der Waals surface area contributed by atoms with Crippen molar-refractivity contribution in [1.29, 1.82) is 0 Å². The molecule has 1 saturated carbocycles. The molecule has 0 saturated heterocycles. The van der Waals surface area contributed by atoms with E-state index in [-0.39, 0.29) is 0 Å². The van der Waals surface area contributed by atoms with Crippen LogP contribution in [0.4, 0.5) is 0 Å². The van der Waals surface area contributed by atoms with Crippen LogP contribution < -0.4 is 14.8 Å². The van der Waals surface area contributed by atoms with Crippen molar-refractivity contribution in [2.24, 2.45) is 5.41 Å². The Balaban J connectivity index is 1.66. The summed E-state index contributed by atoms with van der Waals surface area (Å²) in [5, 5.41) is 3.40. The summed E-state index contributed by atoms with van der Waals surface area (Å²) in [6.07, 6.45) is 2.49. The highest BCUT2D eigenvalue weighted by molar-refractivity contribution is 6.18. The third-order valence-electron chi connectivity index (χ3n) is 3.35. The molecule has 1 N–H and O–H groups in total. The predicted molar refractivity (Wildman–Crippen MR) is 73.7 cm³/mol. The molecule has 0 radical (unpaired) electrons. The van der Waals surface area contributed by atoms with Gasteiger partial charge in [-0.1, -0.05) is 12.1 Å². The van der Waals surface area contributed by atoms with Crippen LogP contribution in [0.3, 0.4) is 0 Å². The number of para-hydroxylation sites is 2. The van der Waals surface area contributed by atoms with Crippen LogP contribution in [-0.2, 0) is 0 Å². The Hall–Kier alpha value is -0.930. The molecule has 100 valence electrons. The number of alkyl halides is 1. The number of hydrogen-bond donors (Lipinski definition) is 1. The molecule has 1 aliphatic rings. The second kappa shape index (κ2) is 6.30. The first-order valence-electron chi connectivity index (χ1n) is 6.32. The first-order chi connectivity index (χ1) is 8.79. The summed E-state index contributed by atoms with van der Waals surface area (Å²) in [6, 6.07) is 7.69. The summed E-state index contributed by atoms with van der Waals surface area (Å²) in [5.41, 5.74) is 0.367.